The third-order valence-electron chi connectivity index (χ3n) is 3.34. The van der Waals surface area contributed by atoms with Crippen molar-refractivity contribution in [3.63, 3.8) is 0 Å². The number of likely N-dealkylation sites (N-methyl/N-ethyl adjacent to an activating group) is 1. The Bertz CT molecular complexity index is 680. The molecule has 24 heavy (non-hydrogen) atoms. The van der Waals surface area contributed by atoms with E-state index in [4.69, 9.17) is 16.3 Å². The zero-order valence-corrected chi connectivity index (χ0v) is 16.0. The summed E-state index contributed by atoms with van der Waals surface area (Å²) in [5, 5.41) is 3.47. The molecule has 0 saturated heterocycles. The van der Waals surface area contributed by atoms with Crippen LogP contribution in [0.15, 0.2) is 53.0 Å². The van der Waals surface area contributed by atoms with Crippen LogP contribution in [0.3, 0.4) is 0 Å². The first-order valence-corrected chi connectivity index (χ1v) is 8.69. The number of carbonyl (C=O) groups excluding carboxylic acids is 1. The van der Waals surface area contributed by atoms with E-state index in [1.165, 1.54) is 0 Å². The summed E-state index contributed by atoms with van der Waals surface area (Å²) in [6.45, 7) is 0.618. The molecule has 4 nitrogen and oxygen atoms in total. The van der Waals surface area contributed by atoms with Gasteiger partial charge in [-0.05, 0) is 37.9 Å². The lowest BCUT2D eigenvalue weighted by molar-refractivity contribution is -0.123. The summed E-state index contributed by atoms with van der Waals surface area (Å²) < 4.78 is 6.38. The zero-order chi connectivity index (χ0) is 17.5. The Hall–Kier alpha value is -1.56. The van der Waals surface area contributed by atoms with Gasteiger partial charge in [0.2, 0.25) is 0 Å². The topological polar surface area (TPSA) is 41.6 Å². The van der Waals surface area contributed by atoms with E-state index in [2.05, 4.69) is 21.2 Å². The minimum absolute atomic E-state index is 0.0852. The van der Waals surface area contributed by atoms with E-state index in [9.17, 15) is 4.79 Å². The summed E-state index contributed by atoms with van der Waals surface area (Å²) in [4.78, 5) is 14.3. The van der Waals surface area contributed by atoms with Crippen molar-refractivity contribution < 1.29 is 9.53 Å². The number of hydrogen-bond acceptors (Lipinski definition) is 3. The highest BCUT2D eigenvalue weighted by Crippen LogP contribution is 2.27. The standard InChI is InChI=1S/C18H20BrClN2O2/c1-22(2)11-16(13-6-4-3-5-7-13)21-18(23)12-24-17-9-8-14(19)10-15(17)20/h3-10,16H,11-12H2,1-2H3,(H,21,23)/t16-/m0/s1. The van der Waals surface area contributed by atoms with Crippen molar-refractivity contribution in [1.29, 1.82) is 0 Å². The van der Waals surface area contributed by atoms with Crippen molar-refractivity contribution in [2.75, 3.05) is 27.2 Å². The molecule has 0 spiro atoms. The van der Waals surface area contributed by atoms with Crippen LogP contribution in [0.5, 0.6) is 5.75 Å². The van der Waals surface area contributed by atoms with Crippen molar-refractivity contribution in [1.82, 2.24) is 10.2 Å². The number of amides is 1. The molecule has 0 aliphatic rings. The van der Waals surface area contributed by atoms with E-state index >= 15 is 0 Å². The van der Waals surface area contributed by atoms with Crippen LogP contribution in [-0.2, 0) is 4.79 Å². The van der Waals surface area contributed by atoms with Crippen molar-refractivity contribution in [3.8, 4) is 5.75 Å². The van der Waals surface area contributed by atoms with Crippen LogP contribution in [0, 0.1) is 0 Å². The smallest absolute Gasteiger partial charge is 0.258 e. The molecule has 1 N–H and O–H groups in total. The van der Waals surface area contributed by atoms with E-state index in [0.717, 1.165) is 10.0 Å². The Kier molecular flexibility index (Phi) is 7.09. The van der Waals surface area contributed by atoms with E-state index in [1.807, 2.05) is 55.4 Å². The van der Waals surface area contributed by atoms with Gasteiger partial charge >= 0.3 is 0 Å². The van der Waals surface area contributed by atoms with Gasteiger partial charge in [-0.1, -0.05) is 57.9 Å². The van der Waals surface area contributed by atoms with Gasteiger partial charge < -0.3 is 15.0 Å². The molecule has 0 saturated carbocycles. The molecule has 0 radical (unpaired) electrons. The van der Waals surface area contributed by atoms with E-state index in [0.29, 0.717) is 17.3 Å². The van der Waals surface area contributed by atoms with Gasteiger partial charge in [0.15, 0.2) is 6.61 Å². The highest BCUT2D eigenvalue weighted by atomic mass is 79.9. The lowest BCUT2D eigenvalue weighted by Gasteiger charge is -2.23. The van der Waals surface area contributed by atoms with Crippen LogP contribution in [0.25, 0.3) is 0 Å². The minimum Gasteiger partial charge on any atom is -0.482 e. The van der Waals surface area contributed by atoms with Crippen LogP contribution < -0.4 is 10.1 Å². The van der Waals surface area contributed by atoms with Gasteiger partial charge in [-0.2, -0.15) is 0 Å². The Morgan fingerprint density at radius 3 is 2.58 bits per heavy atom. The largest absolute Gasteiger partial charge is 0.482 e. The van der Waals surface area contributed by atoms with Gasteiger partial charge in [0.05, 0.1) is 11.1 Å². The number of nitrogens with one attached hydrogen (secondary N) is 1. The van der Waals surface area contributed by atoms with Gasteiger partial charge in [0.1, 0.15) is 5.75 Å². The molecule has 1 atom stereocenters. The Morgan fingerprint density at radius 1 is 1.25 bits per heavy atom. The Morgan fingerprint density at radius 2 is 1.96 bits per heavy atom. The van der Waals surface area contributed by atoms with Crippen molar-refractivity contribution in [3.05, 3.63) is 63.6 Å². The van der Waals surface area contributed by atoms with Crippen molar-refractivity contribution in [2.24, 2.45) is 0 Å². The summed E-state index contributed by atoms with van der Waals surface area (Å²) in [6.07, 6.45) is 0. The molecule has 1 amide bonds. The number of hydrogen-bond donors (Lipinski definition) is 1. The van der Waals surface area contributed by atoms with Gasteiger partial charge in [-0.25, -0.2) is 0 Å². The average molecular weight is 412 g/mol. The number of nitrogens with zero attached hydrogens (tertiary/aromatic N) is 1. The summed E-state index contributed by atoms with van der Waals surface area (Å²) in [7, 11) is 3.94. The van der Waals surface area contributed by atoms with E-state index in [1.54, 1.807) is 12.1 Å². The molecular formula is C18H20BrClN2O2. The molecule has 0 heterocycles. The second-order valence-corrected chi connectivity index (χ2v) is 6.98. The Balaban J connectivity index is 1.97. The zero-order valence-electron chi connectivity index (χ0n) is 13.6. The van der Waals surface area contributed by atoms with Gasteiger partial charge in [0.25, 0.3) is 5.91 Å². The summed E-state index contributed by atoms with van der Waals surface area (Å²) >= 11 is 9.42. The van der Waals surface area contributed by atoms with Gasteiger partial charge in [-0.3, -0.25) is 4.79 Å². The maximum Gasteiger partial charge on any atom is 0.258 e. The highest BCUT2D eigenvalue weighted by Gasteiger charge is 2.16. The minimum atomic E-state index is -0.190. The molecule has 0 aromatic heterocycles. The SMILES string of the molecule is CN(C)C[C@H](NC(=O)COc1ccc(Br)cc1Cl)c1ccccc1. The second-order valence-electron chi connectivity index (χ2n) is 5.66. The first-order valence-electron chi connectivity index (χ1n) is 7.52. The number of ether oxygens (including phenoxy) is 1. The van der Waals surface area contributed by atoms with Crippen LogP contribution in [0.4, 0.5) is 0 Å². The van der Waals surface area contributed by atoms with E-state index in [-0.39, 0.29) is 18.6 Å². The molecular weight excluding hydrogens is 392 g/mol. The second kappa shape index (κ2) is 9.06. The molecule has 2 aromatic carbocycles. The molecule has 0 fully saturated rings. The number of halogens is 2. The van der Waals surface area contributed by atoms with Gasteiger partial charge in [0, 0.05) is 11.0 Å². The third-order valence-corrected chi connectivity index (χ3v) is 4.13. The maximum absolute atomic E-state index is 12.3. The third kappa shape index (κ3) is 5.82. The van der Waals surface area contributed by atoms with Crippen LogP contribution in [0.1, 0.15) is 11.6 Å². The molecule has 0 aliphatic heterocycles. The van der Waals surface area contributed by atoms with Crippen LogP contribution >= 0.6 is 27.5 Å². The fourth-order valence-corrected chi connectivity index (χ4v) is 2.98. The Labute approximate surface area is 155 Å². The average Bonchev–Trinajstić information content (AvgIpc) is 2.54. The van der Waals surface area contributed by atoms with Crippen LogP contribution in [0.2, 0.25) is 5.02 Å². The van der Waals surface area contributed by atoms with Crippen LogP contribution in [-0.4, -0.2) is 38.1 Å². The summed E-state index contributed by atoms with van der Waals surface area (Å²) in [5.41, 5.74) is 1.06. The molecule has 6 heteroatoms. The predicted octanol–water partition coefficient (Wildman–Crippen LogP) is 3.90. The maximum atomic E-state index is 12.3. The lowest BCUT2D eigenvalue weighted by atomic mass is 10.1. The van der Waals surface area contributed by atoms with Crippen molar-refractivity contribution >= 4 is 33.4 Å². The normalized spacial score (nSPS) is 12.0. The molecule has 0 bridgehead atoms. The first-order chi connectivity index (χ1) is 11.5. The molecule has 2 rings (SSSR count). The fourth-order valence-electron chi connectivity index (χ4n) is 2.26. The summed E-state index contributed by atoms with van der Waals surface area (Å²) in [5.74, 6) is 0.295. The number of benzene rings is 2. The predicted molar refractivity (Wildman–Crippen MR) is 101 cm³/mol. The van der Waals surface area contributed by atoms with E-state index < -0.39 is 0 Å². The first kappa shape index (κ1) is 18.8. The molecule has 0 aliphatic carbocycles. The quantitative estimate of drug-likeness (QED) is 0.751. The monoisotopic (exact) mass is 410 g/mol. The fraction of sp³-hybridized carbons (Fsp3) is 0.278. The molecule has 0 unspecified atom stereocenters. The number of carbonyl (C=O) groups is 1. The van der Waals surface area contributed by atoms with Gasteiger partial charge in [-0.15, -0.1) is 0 Å². The number of rotatable bonds is 7. The molecule has 2 aromatic rings. The van der Waals surface area contributed by atoms with Crippen molar-refractivity contribution in [2.45, 2.75) is 6.04 Å². The highest BCUT2D eigenvalue weighted by molar-refractivity contribution is 9.10. The molecule has 128 valence electrons. The lowest BCUT2D eigenvalue weighted by Crippen LogP contribution is -2.37. The summed E-state index contributed by atoms with van der Waals surface area (Å²) in [6, 6.07) is 15.1.